The summed E-state index contributed by atoms with van der Waals surface area (Å²) in [7, 11) is 0. The van der Waals surface area contributed by atoms with Crippen LogP contribution in [0.4, 0.5) is 0 Å². The first kappa shape index (κ1) is 15.8. The predicted octanol–water partition coefficient (Wildman–Crippen LogP) is 3.02. The van der Waals surface area contributed by atoms with Crippen LogP contribution in [0, 0.1) is 5.92 Å². The Balaban J connectivity index is -0.000000169. The lowest BCUT2D eigenvalue weighted by Crippen LogP contribution is -2.06. The molecule has 4 nitrogen and oxygen atoms in total. The summed E-state index contributed by atoms with van der Waals surface area (Å²) < 4.78 is 4.46. The molecule has 14 heavy (non-hydrogen) atoms. The van der Waals surface area contributed by atoms with Crippen molar-refractivity contribution < 1.29 is 22.2 Å². The van der Waals surface area contributed by atoms with E-state index in [1.54, 1.807) is 0 Å². The van der Waals surface area contributed by atoms with E-state index in [9.17, 15) is 4.79 Å². The Kier molecular flexibility index (Phi) is 14.0. The van der Waals surface area contributed by atoms with Gasteiger partial charge in [0.05, 0.1) is 6.61 Å². The van der Waals surface area contributed by atoms with Crippen molar-refractivity contribution in [2.75, 3.05) is 13.4 Å². The molecule has 0 N–H and O–H groups in total. The van der Waals surface area contributed by atoms with Crippen molar-refractivity contribution in [1.82, 2.24) is 0 Å². The van der Waals surface area contributed by atoms with Crippen LogP contribution in [0.25, 0.3) is 0 Å². The van der Waals surface area contributed by atoms with Crippen molar-refractivity contribution in [2.45, 2.75) is 41.0 Å². The van der Waals surface area contributed by atoms with Crippen molar-refractivity contribution in [2.24, 2.45) is 5.92 Å². The third kappa shape index (κ3) is 17.5. The SMILES string of the molecule is CC.CC(=O)OCOOCCC(C)C.[HH].[HH]. The second-order valence-electron chi connectivity index (χ2n) is 2.88. The highest BCUT2D eigenvalue weighted by molar-refractivity contribution is 5.65. The van der Waals surface area contributed by atoms with E-state index in [2.05, 4.69) is 23.5 Å². The molecule has 0 saturated heterocycles. The molecular weight excluding hydrogens is 184 g/mol. The van der Waals surface area contributed by atoms with Gasteiger partial charge in [-0.15, -0.1) is 0 Å². The minimum atomic E-state index is -0.373. The van der Waals surface area contributed by atoms with Crippen molar-refractivity contribution in [3.63, 3.8) is 0 Å². The van der Waals surface area contributed by atoms with E-state index in [0.29, 0.717) is 12.5 Å². The van der Waals surface area contributed by atoms with E-state index in [-0.39, 0.29) is 15.6 Å². The standard InChI is InChI=1S/C8H16O4.C2H6.2H2/c1-7(2)4-5-11-12-6-10-8(3)9;1-2;;/h7H,4-6H2,1-3H3;1-2H3;2*1H. The van der Waals surface area contributed by atoms with Gasteiger partial charge in [0.2, 0.25) is 6.79 Å². The number of carbonyl (C=O) groups excluding carboxylic acids is 1. The molecule has 0 atom stereocenters. The maximum atomic E-state index is 10.2. The van der Waals surface area contributed by atoms with Crippen molar-refractivity contribution in [3.05, 3.63) is 0 Å². The van der Waals surface area contributed by atoms with Crippen molar-refractivity contribution in [1.29, 1.82) is 0 Å². The number of hydrogen-bond donors (Lipinski definition) is 0. The van der Waals surface area contributed by atoms with Crippen LogP contribution in [0.2, 0.25) is 0 Å². The van der Waals surface area contributed by atoms with E-state index in [1.807, 2.05) is 13.8 Å². The molecular formula is C10H26O4. The molecule has 0 amide bonds. The molecule has 4 heteroatoms. The minimum absolute atomic E-state index is 0. The Morgan fingerprint density at radius 3 is 2.29 bits per heavy atom. The minimum Gasteiger partial charge on any atom is -0.436 e. The smallest absolute Gasteiger partial charge is 0.304 e. The van der Waals surface area contributed by atoms with Crippen molar-refractivity contribution in [3.8, 4) is 0 Å². The van der Waals surface area contributed by atoms with E-state index in [0.717, 1.165) is 6.42 Å². The Morgan fingerprint density at radius 1 is 1.29 bits per heavy atom. The van der Waals surface area contributed by atoms with Gasteiger partial charge in [-0.25, -0.2) is 4.89 Å². The highest BCUT2D eigenvalue weighted by atomic mass is 17.2. The van der Waals surface area contributed by atoms with Gasteiger partial charge >= 0.3 is 5.97 Å². The van der Waals surface area contributed by atoms with Gasteiger partial charge < -0.3 is 4.74 Å². The first-order chi connectivity index (χ1) is 6.63. The van der Waals surface area contributed by atoms with Crippen LogP contribution < -0.4 is 0 Å². The van der Waals surface area contributed by atoms with Crippen LogP contribution in [0.5, 0.6) is 0 Å². The van der Waals surface area contributed by atoms with E-state index in [4.69, 9.17) is 4.89 Å². The monoisotopic (exact) mass is 210 g/mol. The molecule has 0 heterocycles. The highest BCUT2D eigenvalue weighted by Gasteiger charge is 1.95. The third-order valence-corrected chi connectivity index (χ3v) is 1.17. The van der Waals surface area contributed by atoms with Gasteiger partial charge in [0.1, 0.15) is 0 Å². The van der Waals surface area contributed by atoms with Gasteiger partial charge in [-0.3, -0.25) is 4.79 Å². The summed E-state index contributed by atoms with van der Waals surface area (Å²) in [6, 6.07) is 0. The quantitative estimate of drug-likeness (QED) is 0.222. The molecule has 0 unspecified atom stereocenters. The Labute approximate surface area is 89.4 Å². The maximum Gasteiger partial charge on any atom is 0.304 e. The van der Waals surface area contributed by atoms with E-state index >= 15 is 0 Å². The molecule has 0 saturated carbocycles. The molecule has 0 aromatic carbocycles. The number of rotatable bonds is 6. The second-order valence-corrected chi connectivity index (χ2v) is 2.88. The van der Waals surface area contributed by atoms with Crippen LogP contribution in [-0.2, 0) is 19.3 Å². The van der Waals surface area contributed by atoms with Crippen LogP contribution in [0.15, 0.2) is 0 Å². The van der Waals surface area contributed by atoms with Crippen LogP contribution in [0.3, 0.4) is 0 Å². The average molecular weight is 210 g/mol. The molecule has 0 spiro atoms. The number of esters is 1. The summed E-state index contributed by atoms with van der Waals surface area (Å²) in [6.45, 7) is 9.90. The van der Waals surface area contributed by atoms with Gasteiger partial charge in [-0.1, -0.05) is 27.7 Å². The van der Waals surface area contributed by atoms with Crippen molar-refractivity contribution >= 4 is 5.97 Å². The zero-order valence-electron chi connectivity index (χ0n) is 9.83. The summed E-state index contributed by atoms with van der Waals surface area (Å²) in [5.41, 5.74) is 0. The Morgan fingerprint density at radius 2 is 1.86 bits per heavy atom. The normalized spacial score (nSPS) is 9.29. The summed E-state index contributed by atoms with van der Waals surface area (Å²) in [6.07, 6.45) is 0.931. The number of hydrogen-bond acceptors (Lipinski definition) is 4. The molecule has 0 bridgehead atoms. The molecule has 0 fully saturated rings. The molecule has 0 aromatic heterocycles. The predicted molar refractivity (Wildman–Crippen MR) is 58.7 cm³/mol. The van der Waals surface area contributed by atoms with Gasteiger partial charge in [0.25, 0.3) is 0 Å². The molecule has 0 radical (unpaired) electrons. The van der Waals surface area contributed by atoms with Gasteiger partial charge in [-0.05, 0) is 12.3 Å². The van der Waals surface area contributed by atoms with Crippen LogP contribution in [0.1, 0.15) is 43.9 Å². The molecule has 0 aliphatic heterocycles. The van der Waals surface area contributed by atoms with E-state index in [1.165, 1.54) is 6.92 Å². The second kappa shape index (κ2) is 12.4. The summed E-state index contributed by atoms with van der Waals surface area (Å²) >= 11 is 0. The lowest BCUT2D eigenvalue weighted by molar-refractivity contribution is -0.331. The lowest BCUT2D eigenvalue weighted by atomic mass is 10.1. The zero-order chi connectivity index (χ0) is 11.4. The van der Waals surface area contributed by atoms with Crippen LogP contribution >= 0.6 is 0 Å². The Hall–Kier alpha value is -0.610. The Bertz CT molecular complexity index is 132. The molecule has 0 aliphatic rings. The fraction of sp³-hybridized carbons (Fsp3) is 0.900. The fourth-order valence-electron chi connectivity index (χ4n) is 0.484. The average Bonchev–Trinajstić information content (AvgIpc) is 2.13. The van der Waals surface area contributed by atoms with Gasteiger partial charge in [0.15, 0.2) is 0 Å². The number of ether oxygens (including phenoxy) is 1. The topological polar surface area (TPSA) is 44.8 Å². The summed E-state index contributed by atoms with van der Waals surface area (Å²) in [5.74, 6) is 0.213. The fourth-order valence-corrected chi connectivity index (χ4v) is 0.484. The molecule has 0 rings (SSSR count). The molecule has 0 aliphatic carbocycles. The van der Waals surface area contributed by atoms with Gasteiger partial charge in [0, 0.05) is 9.78 Å². The maximum absolute atomic E-state index is 10.2. The molecule has 90 valence electrons. The van der Waals surface area contributed by atoms with Gasteiger partial charge in [-0.2, -0.15) is 4.89 Å². The third-order valence-electron chi connectivity index (χ3n) is 1.17. The van der Waals surface area contributed by atoms with E-state index < -0.39 is 0 Å². The zero-order valence-corrected chi connectivity index (χ0v) is 9.83. The van der Waals surface area contributed by atoms with Crippen LogP contribution in [-0.4, -0.2) is 19.4 Å². The largest absolute Gasteiger partial charge is 0.436 e. The lowest BCUT2D eigenvalue weighted by Gasteiger charge is -2.05. The highest BCUT2D eigenvalue weighted by Crippen LogP contribution is 1.98. The summed E-state index contributed by atoms with van der Waals surface area (Å²) in [5, 5.41) is 0. The first-order valence-corrected chi connectivity index (χ1v) is 5.00. The summed E-state index contributed by atoms with van der Waals surface area (Å²) in [4.78, 5) is 19.5. The number of carbonyl (C=O) groups is 1. The first-order valence-electron chi connectivity index (χ1n) is 5.00. The molecule has 0 aromatic rings.